The van der Waals surface area contributed by atoms with Crippen LogP contribution in [0.4, 0.5) is 16.2 Å². The highest BCUT2D eigenvalue weighted by atomic mass is 32.3. The minimum Gasteiger partial charge on any atom is -0.444 e. The summed E-state index contributed by atoms with van der Waals surface area (Å²) in [5, 5.41) is 1.66. The molecule has 1 fully saturated rings. The summed E-state index contributed by atoms with van der Waals surface area (Å²) in [6, 6.07) is 15.4. The molecular weight excluding hydrogens is 442 g/mol. The van der Waals surface area contributed by atoms with Crippen molar-refractivity contribution in [2.24, 2.45) is 4.99 Å². The molecule has 0 bridgehead atoms. The second-order valence-electron chi connectivity index (χ2n) is 9.79. The first-order valence-electron chi connectivity index (χ1n) is 10.6. The van der Waals surface area contributed by atoms with E-state index in [1.165, 1.54) is 0 Å². The summed E-state index contributed by atoms with van der Waals surface area (Å²) in [5.74, 6) is -0.521. The minimum atomic E-state index is -3.52. The molecule has 178 valence electrons. The van der Waals surface area contributed by atoms with Crippen LogP contribution in [0.15, 0.2) is 59.6 Å². The maximum atomic E-state index is 13.3. The van der Waals surface area contributed by atoms with Gasteiger partial charge in [0.2, 0.25) is 0 Å². The molecule has 33 heavy (non-hydrogen) atoms. The van der Waals surface area contributed by atoms with E-state index in [0.717, 1.165) is 4.31 Å². The fourth-order valence-electron chi connectivity index (χ4n) is 3.56. The topological polar surface area (TPSA) is 111 Å². The standard InChI is InChI=1S/C24H31N3O5S/c1-23(2,3)27-21(28)19(20(33(27,30)31)16-10-8-7-9-11-16)25-17-12-14-18(15-13-17)26-22(29)32-24(4,5)6/h7-15,20,30-31H,1-6H3,(H,26,29). The molecule has 1 saturated heterocycles. The van der Waals surface area contributed by atoms with Crippen molar-refractivity contribution in [3.8, 4) is 0 Å². The van der Waals surface area contributed by atoms with Crippen molar-refractivity contribution in [3.05, 3.63) is 60.2 Å². The van der Waals surface area contributed by atoms with E-state index in [2.05, 4.69) is 10.3 Å². The van der Waals surface area contributed by atoms with Gasteiger partial charge in [0.1, 0.15) is 16.6 Å². The number of carbonyl (C=O) groups is 2. The van der Waals surface area contributed by atoms with Gasteiger partial charge in [-0.1, -0.05) is 30.3 Å². The normalized spacial score (nSPS) is 20.6. The number of carbonyl (C=O) groups excluding carboxylic acids is 2. The van der Waals surface area contributed by atoms with Gasteiger partial charge in [-0.05, 0) is 71.4 Å². The van der Waals surface area contributed by atoms with E-state index in [0.29, 0.717) is 16.9 Å². The third-order valence-electron chi connectivity index (χ3n) is 4.71. The van der Waals surface area contributed by atoms with E-state index in [4.69, 9.17) is 4.74 Å². The highest BCUT2D eigenvalue weighted by molar-refractivity contribution is 8.24. The number of anilines is 1. The Kier molecular flexibility index (Phi) is 6.61. The van der Waals surface area contributed by atoms with Gasteiger partial charge in [0.15, 0.2) is 0 Å². The van der Waals surface area contributed by atoms with Crippen molar-refractivity contribution in [3.63, 3.8) is 0 Å². The summed E-state index contributed by atoms with van der Waals surface area (Å²) < 4.78 is 28.7. The molecule has 0 saturated carbocycles. The Bertz CT molecular complexity index is 1050. The molecule has 2 aromatic carbocycles. The zero-order valence-electron chi connectivity index (χ0n) is 19.7. The molecule has 1 heterocycles. The Hall–Kier alpha value is -2.88. The predicted octanol–water partition coefficient (Wildman–Crippen LogP) is 6.15. The summed E-state index contributed by atoms with van der Waals surface area (Å²) >= 11 is 0. The summed E-state index contributed by atoms with van der Waals surface area (Å²) in [6.07, 6.45) is -0.577. The van der Waals surface area contributed by atoms with Crippen LogP contribution in [-0.4, -0.2) is 42.3 Å². The Balaban J connectivity index is 1.96. The van der Waals surface area contributed by atoms with Gasteiger partial charge in [0.05, 0.1) is 11.2 Å². The van der Waals surface area contributed by atoms with Crippen molar-refractivity contribution in [1.82, 2.24) is 4.31 Å². The molecule has 9 heteroatoms. The molecule has 0 aliphatic carbocycles. The summed E-state index contributed by atoms with van der Waals surface area (Å²) in [6.45, 7) is 10.6. The van der Waals surface area contributed by atoms with E-state index in [1.54, 1.807) is 90.1 Å². The van der Waals surface area contributed by atoms with E-state index < -0.39 is 39.2 Å². The van der Waals surface area contributed by atoms with E-state index in [9.17, 15) is 18.7 Å². The Labute approximate surface area is 196 Å². The number of amides is 2. The fourth-order valence-corrected chi connectivity index (χ4v) is 5.89. The van der Waals surface area contributed by atoms with Crippen molar-refractivity contribution >= 4 is 39.9 Å². The van der Waals surface area contributed by atoms with Crippen LogP contribution < -0.4 is 5.32 Å². The molecule has 3 N–H and O–H groups in total. The number of rotatable bonds is 3. The highest BCUT2D eigenvalue weighted by Gasteiger charge is 2.54. The van der Waals surface area contributed by atoms with Gasteiger partial charge >= 0.3 is 6.09 Å². The first kappa shape index (κ1) is 24.8. The smallest absolute Gasteiger partial charge is 0.412 e. The third kappa shape index (κ3) is 5.55. The molecule has 0 radical (unpaired) electrons. The molecule has 8 nitrogen and oxygen atoms in total. The quantitative estimate of drug-likeness (QED) is 0.495. The molecule has 3 rings (SSSR count). The lowest BCUT2D eigenvalue weighted by Gasteiger charge is -2.46. The SMILES string of the molecule is CC(C)(C)OC(=O)Nc1ccc(N=C2C(=O)N(C(C)(C)C)S(O)(O)C2c2ccccc2)cc1. The predicted molar refractivity (Wildman–Crippen MR) is 132 cm³/mol. The molecule has 2 aromatic rings. The number of hydrogen-bond donors (Lipinski definition) is 3. The average molecular weight is 474 g/mol. The van der Waals surface area contributed by atoms with Crippen molar-refractivity contribution in [2.45, 2.75) is 57.9 Å². The monoisotopic (exact) mass is 473 g/mol. The summed E-state index contributed by atoms with van der Waals surface area (Å²) in [4.78, 5) is 29.8. The molecule has 1 unspecified atom stereocenters. The van der Waals surface area contributed by atoms with Gasteiger partial charge in [0.25, 0.3) is 5.91 Å². The maximum absolute atomic E-state index is 13.3. The number of hydrogen-bond acceptors (Lipinski definition) is 6. The van der Waals surface area contributed by atoms with Crippen LogP contribution in [0.2, 0.25) is 0 Å². The minimum absolute atomic E-state index is 0.0592. The summed E-state index contributed by atoms with van der Waals surface area (Å²) in [5.41, 5.74) is 0.171. The molecule has 1 aliphatic heterocycles. The first-order valence-corrected chi connectivity index (χ1v) is 12.1. The first-order chi connectivity index (χ1) is 15.2. The Morgan fingerprint density at radius 2 is 1.58 bits per heavy atom. The Morgan fingerprint density at radius 1 is 1.00 bits per heavy atom. The van der Waals surface area contributed by atoms with Gasteiger partial charge < -0.3 is 4.74 Å². The van der Waals surface area contributed by atoms with Gasteiger partial charge in [-0.15, -0.1) is 10.8 Å². The van der Waals surface area contributed by atoms with Gasteiger partial charge in [-0.3, -0.25) is 19.2 Å². The lowest BCUT2D eigenvalue weighted by molar-refractivity contribution is -0.122. The van der Waals surface area contributed by atoms with E-state index in [1.807, 2.05) is 6.07 Å². The van der Waals surface area contributed by atoms with Crippen LogP contribution in [-0.2, 0) is 9.53 Å². The number of ether oxygens (including phenoxy) is 1. The zero-order valence-corrected chi connectivity index (χ0v) is 20.5. The van der Waals surface area contributed by atoms with Gasteiger partial charge in [0, 0.05) is 5.69 Å². The zero-order chi connectivity index (χ0) is 24.6. The van der Waals surface area contributed by atoms with Crippen LogP contribution in [0.5, 0.6) is 0 Å². The number of aliphatic imine (C=N–C) groups is 1. The average Bonchev–Trinajstić information content (AvgIpc) is 2.87. The third-order valence-corrected chi connectivity index (χ3v) is 7.09. The largest absolute Gasteiger partial charge is 0.444 e. The van der Waals surface area contributed by atoms with Crippen LogP contribution in [0.3, 0.4) is 0 Å². The van der Waals surface area contributed by atoms with Crippen molar-refractivity contribution in [2.75, 3.05) is 5.32 Å². The van der Waals surface area contributed by atoms with Crippen molar-refractivity contribution in [1.29, 1.82) is 0 Å². The lowest BCUT2D eigenvalue weighted by Crippen LogP contribution is -2.43. The second kappa shape index (κ2) is 8.81. The van der Waals surface area contributed by atoms with Crippen molar-refractivity contribution < 1.29 is 23.4 Å². The molecule has 2 amide bonds. The molecular formula is C24H31N3O5S. The number of benzene rings is 2. The van der Waals surface area contributed by atoms with Crippen LogP contribution in [0.1, 0.15) is 52.4 Å². The maximum Gasteiger partial charge on any atom is 0.412 e. The van der Waals surface area contributed by atoms with Crippen LogP contribution >= 0.6 is 10.8 Å². The molecule has 1 aliphatic rings. The van der Waals surface area contributed by atoms with Gasteiger partial charge in [-0.25, -0.2) is 14.1 Å². The van der Waals surface area contributed by atoms with Crippen LogP contribution in [0, 0.1) is 0 Å². The highest BCUT2D eigenvalue weighted by Crippen LogP contribution is 2.64. The Morgan fingerprint density at radius 3 is 2.09 bits per heavy atom. The summed E-state index contributed by atoms with van der Waals surface area (Å²) in [7, 11) is -3.52. The molecule has 0 aromatic heterocycles. The molecule has 1 atom stereocenters. The van der Waals surface area contributed by atoms with Crippen LogP contribution in [0.25, 0.3) is 0 Å². The number of nitrogens with one attached hydrogen (secondary N) is 1. The van der Waals surface area contributed by atoms with E-state index >= 15 is 0 Å². The second-order valence-corrected chi connectivity index (χ2v) is 11.8. The lowest BCUT2D eigenvalue weighted by atomic mass is 10.0. The molecule has 0 spiro atoms. The number of nitrogens with zero attached hydrogens (tertiary/aromatic N) is 2. The van der Waals surface area contributed by atoms with E-state index in [-0.39, 0.29) is 5.71 Å². The van der Waals surface area contributed by atoms with Gasteiger partial charge in [-0.2, -0.15) is 0 Å². The fraction of sp³-hybridized carbons (Fsp3) is 0.375.